The fourth-order valence-corrected chi connectivity index (χ4v) is 2.38. The first-order valence-electron chi connectivity index (χ1n) is 6.80. The van der Waals surface area contributed by atoms with Crippen LogP contribution in [-0.4, -0.2) is 24.2 Å². The third-order valence-corrected chi connectivity index (χ3v) is 3.42. The van der Waals surface area contributed by atoms with Crippen molar-refractivity contribution in [1.82, 2.24) is 10.3 Å². The summed E-state index contributed by atoms with van der Waals surface area (Å²) < 4.78 is 5.97. The molecule has 3 nitrogen and oxygen atoms in total. The summed E-state index contributed by atoms with van der Waals surface area (Å²) in [4.78, 5) is 4.03. The first-order valence-corrected chi connectivity index (χ1v) is 6.80. The predicted octanol–water partition coefficient (Wildman–Crippen LogP) is 2.88. The number of pyridine rings is 1. The molecule has 0 spiro atoms. The molecule has 1 atom stereocenters. The molecule has 1 aliphatic rings. The smallest absolute Gasteiger partial charge is 0.119 e. The highest BCUT2D eigenvalue weighted by Crippen LogP contribution is 2.23. The van der Waals surface area contributed by atoms with Crippen LogP contribution in [0, 0.1) is 0 Å². The first kappa shape index (κ1) is 12.2. The molecule has 3 heteroatoms. The number of rotatable bonds is 3. The van der Waals surface area contributed by atoms with Gasteiger partial charge in [-0.15, -0.1) is 0 Å². The number of nitrogens with one attached hydrogen (secondary N) is 1. The molecule has 1 fully saturated rings. The van der Waals surface area contributed by atoms with E-state index in [0.29, 0.717) is 6.10 Å². The number of piperidine rings is 1. The molecule has 0 saturated carbocycles. The summed E-state index contributed by atoms with van der Waals surface area (Å²) in [6.07, 6.45) is 6.26. The lowest BCUT2D eigenvalue weighted by Crippen LogP contribution is -2.37. The van der Waals surface area contributed by atoms with Crippen molar-refractivity contribution in [1.29, 1.82) is 0 Å². The molecule has 1 unspecified atom stereocenters. The average molecular weight is 254 g/mol. The van der Waals surface area contributed by atoms with Gasteiger partial charge in [0.2, 0.25) is 0 Å². The van der Waals surface area contributed by atoms with Crippen LogP contribution in [-0.2, 0) is 0 Å². The second-order valence-corrected chi connectivity index (χ2v) is 4.85. The van der Waals surface area contributed by atoms with Crippen LogP contribution in [0.2, 0.25) is 0 Å². The minimum atomic E-state index is 0.306. The maximum absolute atomic E-state index is 5.97. The fraction of sp³-hybridized carbons (Fsp3) is 0.312. The summed E-state index contributed by atoms with van der Waals surface area (Å²) in [6, 6.07) is 12.3. The summed E-state index contributed by atoms with van der Waals surface area (Å²) in [5, 5.41) is 3.36. The highest BCUT2D eigenvalue weighted by molar-refractivity contribution is 5.63. The number of ether oxygens (including phenoxy) is 1. The van der Waals surface area contributed by atoms with Crippen LogP contribution >= 0.6 is 0 Å². The van der Waals surface area contributed by atoms with E-state index in [0.717, 1.165) is 25.3 Å². The Kier molecular flexibility index (Phi) is 3.75. The zero-order valence-electron chi connectivity index (χ0n) is 10.9. The Morgan fingerprint density at radius 1 is 1.00 bits per heavy atom. The molecule has 0 amide bonds. The number of hydrogen-bond donors (Lipinski definition) is 1. The fourth-order valence-electron chi connectivity index (χ4n) is 2.38. The van der Waals surface area contributed by atoms with Crippen LogP contribution in [0.5, 0.6) is 5.75 Å². The van der Waals surface area contributed by atoms with Crippen molar-refractivity contribution in [2.45, 2.75) is 18.9 Å². The van der Waals surface area contributed by atoms with Gasteiger partial charge >= 0.3 is 0 Å². The molecule has 1 saturated heterocycles. The predicted molar refractivity (Wildman–Crippen MR) is 76.2 cm³/mol. The maximum Gasteiger partial charge on any atom is 0.119 e. The van der Waals surface area contributed by atoms with Crippen molar-refractivity contribution in [3.8, 4) is 16.9 Å². The van der Waals surface area contributed by atoms with E-state index in [2.05, 4.69) is 22.4 Å². The molecule has 19 heavy (non-hydrogen) atoms. The highest BCUT2D eigenvalue weighted by atomic mass is 16.5. The summed E-state index contributed by atoms with van der Waals surface area (Å²) in [6.45, 7) is 2.06. The molecule has 2 heterocycles. The Labute approximate surface area is 113 Å². The SMILES string of the molecule is c1cc(-c2ccc(OC3CCCNC3)cc2)ccn1. The van der Waals surface area contributed by atoms with Crippen LogP contribution in [0.3, 0.4) is 0 Å². The van der Waals surface area contributed by atoms with Crippen molar-refractivity contribution in [3.63, 3.8) is 0 Å². The Morgan fingerprint density at radius 3 is 2.42 bits per heavy atom. The van der Waals surface area contributed by atoms with Crippen molar-refractivity contribution in [2.75, 3.05) is 13.1 Å². The van der Waals surface area contributed by atoms with E-state index in [1.54, 1.807) is 0 Å². The molecule has 3 rings (SSSR count). The van der Waals surface area contributed by atoms with Gasteiger partial charge in [0.15, 0.2) is 0 Å². The first-order chi connectivity index (χ1) is 9.42. The van der Waals surface area contributed by atoms with Crippen LogP contribution in [0.15, 0.2) is 48.8 Å². The van der Waals surface area contributed by atoms with Gasteiger partial charge in [0, 0.05) is 18.9 Å². The van der Waals surface area contributed by atoms with Crippen molar-refractivity contribution >= 4 is 0 Å². The molecule has 0 aliphatic carbocycles. The van der Waals surface area contributed by atoms with Gasteiger partial charge in [-0.1, -0.05) is 12.1 Å². The van der Waals surface area contributed by atoms with Crippen LogP contribution in [0.25, 0.3) is 11.1 Å². The lowest BCUT2D eigenvalue weighted by Gasteiger charge is -2.24. The molecule has 1 aromatic carbocycles. The van der Waals surface area contributed by atoms with Gasteiger partial charge in [-0.05, 0) is 54.8 Å². The summed E-state index contributed by atoms with van der Waals surface area (Å²) in [5.74, 6) is 0.950. The second-order valence-electron chi connectivity index (χ2n) is 4.85. The maximum atomic E-state index is 5.97. The third kappa shape index (κ3) is 3.12. The molecular weight excluding hydrogens is 236 g/mol. The van der Waals surface area contributed by atoms with Gasteiger partial charge in [-0.25, -0.2) is 0 Å². The zero-order valence-corrected chi connectivity index (χ0v) is 10.9. The number of aromatic nitrogens is 1. The summed E-state index contributed by atoms with van der Waals surface area (Å²) >= 11 is 0. The van der Waals surface area contributed by atoms with Gasteiger partial charge in [0.1, 0.15) is 11.9 Å². The Morgan fingerprint density at radius 2 is 1.74 bits per heavy atom. The van der Waals surface area contributed by atoms with Gasteiger partial charge in [0.25, 0.3) is 0 Å². The minimum absolute atomic E-state index is 0.306. The van der Waals surface area contributed by atoms with Gasteiger partial charge < -0.3 is 10.1 Å². The quantitative estimate of drug-likeness (QED) is 0.914. The van der Waals surface area contributed by atoms with Gasteiger partial charge in [0.05, 0.1) is 0 Å². The second kappa shape index (κ2) is 5.85. The van der Waals surface area contributed by atoms with Crippen molar-refractivity contribution in [3.05, 3.63) is 48.8 Å². The largest absolute Gasteiger partial charge is 0.489 e. The van der Waals surface area contributed by atoms with Crippen molar-refractivity contribution < 1.29 is 4.74 Å². The highest BCUT2D eigenvalue weighted by Gasteiger charge is 2.14. The minimum Gasteiger partial charge on any atom is -0.489 e. The van der Waals surface area contributed by atoms with E-state index >= 15 is 0 Å². The van der Waals surface area contributed by atoms with Gasteiger partial charge in [-0.2, -0.15) is 0 Å². The normalized spacial score (nSPS) is 19.1. The van der Waals surface area contributed by atoms with E-state index in [9.17, 15) is 0 Å². The monoisotopic (exact) mass is 254 g/mol. The molecule has 2 aromatic rings. The van der Waals surface area contributed by atoms with Crippen molar-refractivity contribution in [2.24, 2.45) is 0 Å². The molecule has 1 aromatic heterocycles. The molecule has 0 bridgehead atoms. The topological polar surface area (TPSA) is 34.1 Å². The van der Waals surface area contributed by atoms with Crippen LogP contribution < -0.4 is 10.1 Å². The van der Waals surface area contributed by atoms with E-state index in [4.69, 9.17) is 4.74 Å². The lowest BCUT2D eigenvalue weighted by atomic mass is 10.1. The van der Waals surface area contributed by atoms with Crippen LogP contribution in [0.1, 0.15) is 12.8 Å². The van der Waals surface area contributed by atoms with E-state index < -0.39 is 0 Å². The summed E-state index contributed by atoms with van der Waals surface area (Å²) in [5.41, 5.74) is 2.37. The van der Waals surface area contributed by atoms with Gasteiger partial charge in [-0.3, -0.25) is 4.98 Å². The van der Waals surface area contributed by atoms with E-state index in [-0.39, 0.29) is 0 Å². The average Bonchev–Trinajstić information content (AvgIpc) is 2.50. The lowest BCUT2D eigenvalue weighted by molar-refractivity contribution is 0.167. The van der Waals surface area contributed by atoms with E-state index in [1.165, 1.54) is 17.5 Å². The third-order valence-electron chi connectivity index (χ3n) is 3.42. The Bertz CT molecular complexity index is 504. The Hall–Kier alpha value is -1.87. The number of hydrogen-bond acceptors (Lipinski definition) is 3. The summed E-state index contributed by atoms with van der Waals surface area (Å²) in [7, 11) is 0. The zero-order chi connectivity index (χ0) is 12.9. The Balaban J connectivity index is 1.68. The molecule has 98 valence electrons. The molecular formula is C16H18N2O. The molecule has 0 radical (unpaired) electrons. The van der Waals surface area contributed by atoms with E-state index in [1.807, 2.05) is 36.7 Å². The standard InChI is InChI=1S/C16H18N2O/c1-2-16(12-18-9-1)19-15-5-3-13(4-6-15)14-7-10-17-11-8-14/h3-8,10-11,16,18H,1-2,9,12H2. The number of nitrogens with zero attached hydrogens (tertiary/aromatic N) is 1. The van der Waals surface area contributed by atoms with Crippen LogP contribution in [0.4, 0.5) is 0 Å². The molecule has 1 N–H and O–H groups in total. The number of benzene rings is 1. The molecule has 1 aliphatic heterocycles.